The Morgan fingerprint density at radius 2 is 2.00 bits per heavy atom. The van der Waals surface area contributed by atoms with Gasteiger partial charge in [-0.1, -0.05) is 12.1 Å². The summed E-state index contributed by atoms with van der Waals surface area (Å²) in [4.78, 5) is 37.3. The first-order chi connectivity index (χ1) is 12.4. The smallest absolute Gasteiger partial charge is 0.326 e. The summed E-state index contributed by atoms with van der Waals surface area (Å²) in [5.41, 5.74) is -0.869. The molecular weight excluding hydrogens is 345 g/mol. The minimum atomic E-state index is -1.15. The molecule has 0 radical (unpaired) electrons. The molecule has 0 bridgehead atoms. The molecule has 8 nitrogen and oxygen atoms in total. The van der Waals surface area contributed by atoms with E-state index < -0.39 is 35.4 Å². The first-order valence-corrected chi connectivity index (χ1v) is 7.84. The van der Waals surface area contributed by atoms with E-state index >= 15 is 0 Å². The van der Waals surface area contributed by atoms with Gasteiger partial charge in [-0.15, -0.1) is 0 Å². The number of aromatic nitrogens is 2. The molecule has 0 saturated carbocycles. The number of amides is 1. The van der Waals surface area contributed by atoms with E-state index in [1.807, 2.05) is 0 Å². The Bertz CT molecular complexity index is 913. The molecule has 1 amide bonds. The SMILES string of the molecule is COC1CC(C(=O)O)N(C(=O)c2ccc(=O)n(-c3ccccc3F)n2)C1. The van der Waals surface area contributed by atoms with Crippen molar-refractivity contribution in [2.75, 3.05) is 13.7 Å². The second-order valence-electron chi connectivity index (χ2n) is 5.82. The van der Waals surface area contributed by atoms with E-state index in [0.717, 1.165) is 15.6 Å². The lowest BCUT2D eigenvalue weighted by Gasteiger charge is -2.21. The number of aliphatic carboxylic acids is 1. The van der Waals surface area contributed by atoms with E-state index in [0.29, 0.717) is 0 Å². The van der Waals surface area contributed by atoms with Crippen molar-refractivity contribution >= 4 is 11.9 Å². The maximum absolute atomic E-state index is 14.0. The van der Waals surface area contributed by atoms with Crippen molar-refractivity contribution in [2.45, 2.75) is 18.6 Å². The molecule has 136 valence electrons. The Labute approximate surface area is 147 Å². The van der Waals surface area contributed by atoms with Gasteiger partial charge in [0.1, 0.15) is 23.2 Å². The molecule has 1 saturated heterocycles. The van der Waals surface area contributed by atoms with Gasteiger partial charge in [0.15, 0.2) is 0 Å². The fraction of sp³-hybridized carbons (Fsp3) is 0.294. The topological polar surface area (TPSA) is 102 Å². The van der Waals surface area contributed by atoms with Crippen LogP contribution in [0.15, 0.2) is 41.2 Å². The molecule has 9 heteroatoms. The van der Waals surface area contributed by atoms with Gasteiger partial charge >= 0.3 is 5.97 Å². The third-order valence-corrected chi connectivity index (χ3v) is 4.24. The molecule has 2 atom stereocenters. The molecule has 0 spiro atoms. The van der Waals surface area contributed by atoms with Gasteiger partial charge in [-0.2, -0.15) is 9.78 Å². The number of methoxy groups -OCH3 is 1. The number of carbonyl (C=O) groups excluding carboxylic acids is 1. The number of para-hydroxylation sites is 1. The lowest BCUT2D eigenvalue weighted by atomic mass is 10.2. The van der Waals surface area contributed by atoms with Crippen molar-refractivity contribution in [2.24, 2.45) is 0 Å². The van der Waals surface area contributed by atoms with Crippen molar-refractivity contribution in [1.29, 1.82) is 0 Å². The van der Waals surface area contributed by atoms with Crippen molar-refractivity contribution in [3.63, 3.8) is 0 Å². The minimum Gasteiger partial charge on any atom is -0.480 e. The number of carboxylic acids is 1. The van der Waals surface area contributed by atoms with Crippen LogP contribution in [0.1, 0.15) is 16.9 Å². The predicted octanol–water partition coefficient (Wildman–Crippen LogP) is 0.686. The standard InChI is InChI=1S/C17H16FN3O5/c1-26-10-8-14(17(24)25)20(9-10)16(23)12-6-7-15(22)21(19-12)13-5-3-2-4-11(13)18/h2-7,10,14H,8-9H2,1H3,(H,24,25). The molecule has 3 rings (SSSR count). The fourth-order valence-electron chi connectivity index (χ4n) is 2.90. The maximum Gasteiger partial charge on any atom is 0.326 e. The number of rotatable bonds is 4. The molecule has 26 heavy (non-hydrogen) atoms. The zero-order valence-corrected chi connectivity index (χ0v) is 13.8. The van der Waals surface area contributed by atoms with Crippen LogP contribution in [0.2, 0.25) is 0 Å². The molecule has 2 aromatic rings. The minimum absolute atomic E-state index is 0.0901. The highest BCUT2D eigenvalue weighted by molar-refractivity contribution is 5.95. The average Bonchev–Trinajstić information content (AvgIpc) is 3.07. The van der Waals surface area contributed by atoms with Crippen LogP contribution >= 0.6 is 0 Å². The van der Waals surface area contributed by atoms with Crippen molar-refractivity contribution in [3.05, 3.63) is 58.3 Å². The summed E-state index contributed by atoms with van der Waals surface area (Å²) in [6.45, 7) is 0.0901. The zero-order chi connectivity index (χ0) is 18.8. The van der Waals surface area contributed by atoms with Crippen LogP contribution in [0.4, 0.5) is 4.39 Å². The number of carboxylic acid groups (broad SMARTS) is 1. The van der Waals surface area contributed by atoms with Gasteiger partial charge in [0.05, 0.1) is 6.10 Å². The Morgan fingerprint density at radius 3 is 2.65 bits per heavy atom. The number of likely N-dealkylation sites (tertiary alicyclic amines) is 1. The second kappa shape index (κ2) is 7.04. The van der Waals surface area contributed by atoms with Crippen LogP contribution in [-0.2, 0) is 9.53 Å². The molecule has 0 aliphatic carbocycles. The van der Waals surface area contributed by atoms with E-state index in [4.69, 9.17) is 4.74 Å². The normalized spacial score (nSPS) is 19.5. The summed E-state index contributed by atoms with van der Waals surface area (Å²) < 4.78 is 19.9. The van der Waals surface area contributed by atoms with E-state index in [2.05, 4.69) is 5.10 Å². The Morgan fingerprint density at radius 1 is 1.27 bits per heavy atom. The van der Waals surface area contributed by atoms with Crippen LogP contribution in [0.25, 0.3) is 5.69 Å². The van der Waals surface area contributed by atoms with E-state index in [9.17, 15) is 23.9 Å². The van der Waals surface area contributed by atoms with Crippen LogP contribution in [0, 0.1) is 5.82 Å². The van der Waals surface area contributed by atoms with Gasteiger partial charge in [0, 0.05) is 26.1 Å². The number of halogens is 1. The molecule has 2 heterocycles. The van der Waals surface area contributed by atoms with E-state index in [1.165, 1.54) is 37.4 Å². The van der Waals surface area contributed by atoms with Gasteiger partial charge in [-0.05, 0) is 18.2 Å². The average molecular weight is 361 g/mol. The Balaban J connectivity index is 1.98. The number of carbonyl (C=O) groups is 2. The highest BCUT2D eigenvalue weighted by Gasteiger charge is 2.40. The van der Waals surface area contributed by atoms with Crippen LogP contribution in [0.3, 0.4) is 0 Å². The Hall–Kier alpha value is -3.07. The van der Waals surface area contributed by atoms with Gasteiger partial charge in [0.25, 0.3) is 11.5 Å². The summed E-state index contributed by atoms with van der Waals surface area (Å²) in [6, 6.07) is 6.75. The van der Waals surface area contributed by atoms with Crippen molar-refractivity contribution < 1.29 is 23.8 Å². The number of hydrogen-bond donors (Lipinski definition) is 1. The highest BCUT2D eigenvalue weighted by atomic mass is 19.1. The predicted molar refractivity (Wildman–Crippen MR) is 87.7 cm³/mol. The van der Waals surface area contributed by atoms with Gasteiger partial charge in [0.2, 0.25) is 0 Å². The molecule has 1 aliphatic rings. The van der Waals surface area contributed by atoms with Crippen molar-refractivity contribution in [3.8, 4) is 5.69 Å². The summed E-state index contributed by atoms with van der Waals surface area (Å²) in [6.07, 6.45) is -0.248. The molecule has 1 N–H and O–H groups in total. The fourth-order valence-corrected chi connectivity index (χ4v) is 2.90. The highest BCUT2D eigenvalue weighted by Crippen LogP contribution is 2.22. The van der Waals surface area contributed by atoms with Crippen LogP contribution in [0.5, 0.6) is 0 Å². The molecule has 1 aliphatic heterocycles. The lowest BCUT2D eigenvalue weighted by Crippen LogP contribution is -2.41. The lowest BCUT2D eigenvalue weighted by molar-refractivity contribution is -0.141. The number of ether oxygens (including phenoxy) is 1. The van der Waals surface area contributed by atoms with E-state index in [1.54, 1.807) is 0 Å². The second-order valence-corrected chi connectivity index (χ2v) is 5.82. The number of hydrogen-bond acceptors (Lipinski definition) is 5. The van der Waals surface area contributed by atoms with Crippen LogP contribution < -0.4 is 5.56 Å². The molecule has 1 aromatic heterocycles. The summed E-state index contributed by atoms with van der Waals surface area (Å²) in [5.74, 6) is -2.49. The maximum atomic E-state index is 14.0. The first kappa shape index (κ1) is 17.7. The number of nitrogens with zero attached hydrogens (tertiary/aromatic N) is 3. The largest absolute Gasteiger partial charge is 0.480 e. The van der Waals surface area contributed by atoms with Crippen molar-refractivity contribution in [1.82, 2.24) is 14.7 Å². The molecular formula is C17H16FN3O5. The van der Waals surface area contributed by atoms with Crippen LogP contribution in [-0.4, -0.2) is 57.5 Å². The summed E-state index contributed by atoms with van der Waals surface area (Å²) in [5, 5.41) is 13.3. The summed E-state index contributed by atoms with van der Waals surface area (Å²) in [7, 11) is 1.44. The molecule has 1 aromatic carbocycles. The Kier molecular flexibility index (Phi) is 4.81. The van der Waals surface area contributed by atoms with Gasteiger partial charge in [-0.25, -0.2) is 9.18 Å². The summed E-state index contributed by atoms with van der Waals surface area (Å²) >= 11 is 0. The van der Waals surface area contributed by atoms with E-state index in [-0.39, 0.29) is 24.3 Å². The van der Waals surface area contributed by atoms with Gasteiger partial charge in [-0.3, -0.25) is 9.59 Å². The first-order valence-electron chi connectivity index (χ1n) is 7.84. The third-order valence-electron chi connectivity index (χ3n) is 4.24. The van der Waals surface area contributed by atoms with Gasteiger partial charge < -0.3 is 14.7 Å². The third kappa shape index (κ3) is 3.21. The zero-order valence-electron chi connectivity index (χ0n) is 13.8. The monoisotopic (exact) mass is 361 g/mol. The molecule has 1 fully saturated rings. The quantitative estimate of drug-likeness (QED) is 0.860. The molecule has 2 unspecified atom stereocenters. The number of benzene rings is 1.